The van der Waals surface area contributed by atoms with Gasteiger partial charge in [-0.05, 0) is 24.3 Å². The molecule has 3 aromatic carbocycles. The van der Waals surface area contributed by atoms with Crippen molar-refractivity contribution in [3.63, 3.8) is 0 Å². The lowest BCUT2D eigenvalue weighted by molar-refractivity contribution is -0.114. The van der Waals surface area contributed by atoms with Crippen LogP contribution in [0, 0.1) is 5.82 Å². The van der Waals surface area contributed by atoms with Crippen LogP contribution < -0.4 is 34.8 Å². The molecule has 0 bridgehead atoms. The molecule has 0 saturated heterocycles. The molecular formula is C28H27FN2O6. The van der Waals surface area contributed by atoms with E-state index in [-0.39, 0.29) is 31.3 Å². The van der Waals surface area contributed by atoms with Crippen molar-refractivity contribution in [2.45, 2.75) is 12.5 Å². The van der Waals surface area contributed by atoms with Crippen LogP contribution in [0.5, 0.6) is 23.0 Å². The predicted octanol–water partition coefficient (Wildman–Crippen LogP) is 2.36. The summed E-state index contributed by atoms with van der Waals surface area (Å²) in [5, 5.41) is 14.0. The van der Waals surface area contributed by atoms with Crippen LogP contribution in [0.4, 0.5) is 10.1 Å². The Morgan fingerprint density at radius 1 is 1.14 bits per heavy atom. The molecule has 1 unspecified atom stereocenters. The molecule has 0 amide bonds. The number of rotatable bonds is 10. The van der Waals surface area contributed by atoms with Crippen LogP contribution in [-0.2, 0) is 11.2 Å². The highest BCUT2D eigenvalue weighted by Gasteiger charge is 2.30. The van der Waals surface area contributed by atoms with Gasteiger partial charge in [0.25, 0.3) is 0 Å². The summed E-state index contributed by atoms with van der Waals surface area (Å²) in [6.45, 7) is 0.780. The van der Waals surface area contributed by atoms with E-state index in [1.165, 1.54) is 32.4 Å². The number of hydrogen-bond acceptors (Lipinski definition) is 8. The molecule has 8 nitrogen and oxygen atoms in total. The molecule has 1 atom stereocenters. The SMILES string of the molecule is COc1cc(NC(C(=O)C2=c3ccc4c(c3=NC2)CCO4)c2ccc(F)cc2OC)cc(OCCO)c1. The van der Waals surface area contributed by atoms with Crippen molar-refractivity contribution >= 4 is 17.0 Å². The largest absolute Gasteiger partial charge is 0.497 e. The number of ether oxygens (including phenoxy) is 4. The second kappa shape index (κ2) is 10.5. The molecule has 2 N–H and O–H groups in total. The van der Waals surface area contributed by atoms with Crippen LogP contribution in [0.2, 0.25) is 0 Å². The summed E-state index contributed by atoms with van der Waals surface area (Å²) in [5.41, 5.74) is 2.57. The van der Waals surface area contributed by atoms with Crippen molar-refractivity contribution in [3.05, 3.63) is 76.1 Å². The number of aliphatic hydroxyl groups is 1. The number of halogens is 1. The fraction of sp³-hybridized carbons (Fsp3) is 0.286. The summed E-state index contributed by atoms with van der Waals surface area (Å²) >= 11 is 0. The van der Waals surface area contributed by atoms with Crippen LogP contribution in [0.25, 0.3) is 5.57 Å². The van der Waals surface area contributed by atoms with Crippen LogP contribution in [0.3, 0.4) is 0 Å². The number of hydrogen-bond donors (Lipinski definition) is 2. The number of Topliss-reactive ketones (excluding diaryl/α,β-unsaturated/α-hetero) is 1. The highest BCUT2D eigenvalue weighted by Crippen LogP contribution is 2.34. The van der Waals surface area contributed by atoms with Gasteiger partial charge in [0.05, 0.1) is 39.3 Å². The van der Waals surface area contributed by atoms with E-state index < -0.39 is 11.9 Å². The number of carbonyl (C=O) groups is 1. The lowest BCUT2D eigenvalue weighted by Gasteiger charge is -2.23. The van der Waals surface area contributed by atoms with E-state index in [4.69, 9.17) is 24.1 Å². The third-order valence-electron chi connectivity index (χ3n) is 6.42. The van der Waals surface area contributed by atoms with Crippen molar-refractivity contribution in [2.24, 2.45) is 4.99 Å². The Kier molecular flexibility index (Phi) is 6.96. The molecule has 0 aromatic heterocycles. The van der Waals surface area contributed by atoms with Gasteiger partial charge in [0, 0.05) is 58.3 Å². The topological polar surface area (TPSA) is 98.6 Å². The maximum atomic E-state index is 14.1. The number of nitrogens with zero attached hydrogens (tertiary/aromatic N) is 1. The van der Waals surface area contributed by atoms with E-state index in [1.807, 2.05) is 12.1 Å². The second-order valence-electron chi connectivity index (χ2n) is 8.63. The Bertz CT molecular complexity index is 1470. The van der Waals surface area contributed by atoms with E-state index >= 15 is 0 Å². The first-order valence-electron chi connectivity index (χ1n) is 11.9. The first-order valence-corrected chi connectivity index (χ1v) is 11.9. The molecule has 0 fully saturated rings. The van der Waals surface area contributed by atoms with E-state index in [0.29, 0.717) is 34.9 Å². The molecule has 0 aliphatic carbocycles. The Hall–Kier alpha value is -4.11. The molecule has 0 radical (unpaired) electrons. The minimum Gasteiger partial charge on any atom is -0.497 e. The van der Waals surface area contributed by atoms with Gasteiger partial charge in [-0.2, -0.15) is 0 Å². The highest BCUT2D eigenvalue weighted by atomic mass is 19.1. The zero-order chi connectivity index (χ0) is 25.9. The van der Waals surface area contributed by atoms with E-state index in [9.17, 15) is 9.18 Å². The van der Waals surface area contributed by atoms with Gasteiger partial charge < -0.3 is 29.4 Å². The Balaban J connectivity index is 1.60. The number of anilines is 1. The third-order valence-corrected chi connectivity index (χ3v) is 6.42. The second-order valence-corrected chi connectivity index (χ2v) is 8.63. The number of nitrogens with one attached hydrogen (secondary N) is 1. The smallest absolute Gasteiger partial charge is 0.188 e. The molecular weight excluding hydrogens is 479 g/mol. The summed E-state index contributed by atoms with van der Waals surface area (Å²) < 4.78 is 36.1. The summed E-state index contributed by atoms with van der Waals surface area (Å²) in [5.74, 6) is 1.31. The van der Waals surface area contributed by atoms with Gasteiger partial charge in [-0.3, -0.25) is 9.79 Å². The van der Waals surface area contributed by atoms with Gasteiger partial charge in [0.2, 0.25) is 0 Å². The van der Waals surface area contributed by atoms with Crippen LogP contribution in [0.1, 0.15) is 17.2 Å². The molecule has 9 heteroatoms. The Labute approximate surface area is 213 Å². The number of ketones is 1. The standard InChI is InChI=1S/C28H27FN2O6/c1-34-18-12-17(13-19(14-18)36-10-8-32)31-27(21-4-3-16(29)11-25(21)35-2)28(33)23-15-30-26-20(23)5-6-24-22(26)7-9-37-24/h3-6,11-14,27,31-32H,7-10,15H2,1-2H3. The number of fused-ring (bicyclic) bond motifs is 3. The number of carbonyl (C=O) groups excluding carboxylic acids is 1. The monoisotopic (exact) mass is 506 g/mol. The summed E-state index contributed by atoms with van der Waals surface area (Å²) in [4.78, 5) is 18.8. The number of aliphatic hydroxyl groups excluding tert-OH is 1. The van der Waals surface area contributed by atoms with Gasteiger partial charge in [-0.15, -0.1) is 0 Å². The molecule has 2 aliphatic rings. The third kappa shape index (κ3) is 4.82. The maximum absolute atomic E-state index is 14.1. The van der Waals surface area contributed by atoms with Crippen molar-refractivity contribution in [1.82, 2.24) is 0 Å². The minimum absolute atomic E-state index is 0.102. The van der Waals surface area contributed by atoms with Gasteiger partial charge in [-0.1, -0.05) is 0 Å². The Morgan fingerprint density at radius 3 is 2.76 bits per heavy atom. The van der Waals surface area contributed by atoms with Crippen LogP contribution in [0.15, 0.2) is 53.5 Å². The van der Waals surface area contributed by atoms with Crippen LogP contribution >= 0.6 is 0 Å². The zero-order valence-electron chi connectivity index (χ0n) is 20.5. The van der Waals surface area contributed by atoms with Crippen molar-refractivity contribution in [3.8, 4) is 23.0 Å². The summed E-state index contributed by atoms with van der Waals surface area (Å²) in [6.07, 6.45) is 0.747. The zero-order valence-corrected chi connectivity index (χ0v) is 20.5. The molecule has 0 spiro atoms. The summed E-state index contributed by atoms with van der Waals surface area (Å²) in [6, 6.07) is 12.0. The molecule has 3 aromatic rings. The van der Waals surface area contributed by atoms with Crippen molar-refractivity contribution in [1.29, 1.82) is 0 Å². The first kappa shape index (κ1) is 24.6. The first-order chi connectivity index (χ1) is 18.0. The van der Waals surface area contributed by atoms with Gasteiger partial charge in [0.15, 0.2) is 5.78 Å². The molecule has 37 heavy (non-hydrogen) atoms. The number of benzene rings is 3. The lowest BCUT2D eigenvalue weighted by atomic mass is 9.94. The van der Waals surface area contributed by atoms with E-state index in [0.717, 1.165) is 28.3 Å². The van der Waals surface area contributed by atoms with Gasteiger partial charge in [0.1, 0.15) is 41.5 Å². The molecule has 192 valence electrons. The van der Waals surface area contributed by atoms with E-state index in [1.54, 1.807) is 18.2 Å². The minimum atomic E-state index is -0.922. The average Bonchev–Trinajstić information content (AvgIpc) is 3.57. The molecule has 2 aliphatic heterocycles. The Morgan fingerprint density at radius 2 is 1.97 bits per heavy atom. The quantitative estimate of drug-likeness (QED) is 0.436. The van der Waals surface area contributed by atoms with Crippen molar-refractivity contribution in [2.75, 3.05) is 45.9 Å². The molecule has 0 saturated carbocycles. The molecule has 5 rings (SSSR count). The normalized spacial score (nSPS) is 14.2. The van der Waals surface area contributed by atoms with Gasteiger partial charge >= 0.3 is 0 Å². The number of methoxy groups -OCH3 is 2. The fourth-order valence-corrected chi connectivity index (χ4v) is 4.70. The van der Waals surface area contributed by atoms with E-state index in [2.05, 4.69) is 10.3 Å². The van der Waals surface area contributed by atoms with Crippen LogP contribution in [-0.4, -0.2) is 51.5 Å². The average molecular weight is 507 g/mol. The van der Waals surface area contributed by atoms with Gasteiger partial charge in [-0.25, -0.2) is 4.39 Å². The summed E-state index contributed by atoms with van der Waals surface area (Å²) in [7, 11) is 2.96. The lowest BCUT2D eigenvalue weighted by Crippen LogP contribution is -2.31. The maximum Gasteiger partial charge on any atom is 0.188 e. The highest BCUT2D eigenvalue weighted by molar-refractivity contribution is 6.19. The van der Waals surface area contributed by atoms with Crippen molar-refractivity contribution < 1.29 is 33.2 Å². The molecule has 2 heterocycles. The fourth-order valence-electron chi connectivity index (χ4n) is 4.70. The predicted molar refractivity (Wildman–Crippen MR) is 135 cm³/mol.